The lowest BCUT2D eigenvalue weighted by Crippen LogP contribution is -2.05. The Kier molecular flexibility index (Phi) is 4.12. The van der Waals surface area contributed by atoms with E-state index in [-0.39, 0.29) is 17.1 Å². The molecule has 1 aromatic carbocycles. The van der Waals surface area contributed by atoms with Gasteiger partial charge in [0.15, 0.2) is 11.5 Å². The summed E-state index contributed by atoms with van der Waals surface area (Å²) in [6.07, 6.45) is -0.455. The number of halogens is 1. The van der Waals surface area contributed by atoms with Gasteiger partial charge in [0.2, 0.25) is 0 Å². The average Bonchev–Trinajstić information content (AvgIpc) is 2.25. The summed E-state index contributed by atoms with van der Waals surface area (Å²) in [6, 6.07) is 2.19. The lowest BCUT2D eigenvalue weighted by molar-refractivity contribution is -0.136. The van der Waals surface area contributed by atoms with Crippen LogP contribution < -0.4 is 9.47 Å². The molecule has 0 saturated carbocycles. The molecule has 1 N–H and O–H groups in total. The van der Waals surface area contributed by atoms with Crippen LogP contribution >= 0.6 is 0 Å². The Bertz CT molecular complexity index is 566. The molecule has 0 bridgehead atoms. The molecule has 0 atom stereocenters. The number of hydrogen-bond donors (Lipinski definition) is 1. The summed E-state index contributed by atoms with van der Waals surface area (Å²) in [5, 5.41) is 8.64. The van der Waals surface area contributed by atoms with E-state index >= 15 is 0 Å². The highest BCUT2D eigenvalue weighted by Crippen LogP contribution is 2.36. The van der Waals surface area contributed by atoms with Gasteiger partial charge >= 0.3 is 16.2 Å². The van der Waals surface area contributed by atoms with E-state index in [4.69, 9.17) is 14.6 Å². The van der Waals surface area contributed by atoms with Gasteiger partial charge in [-0.2, -0.15) is 8.42 Å². The zero-order valence-electron chi connectivity index (χ0n) is 9.64. The summed E-state index contributed by atoms with van der Waals surface area (Å²) in [7, 11) is -2.65. The molecule has 100 valence electrons. The minimum Gasteiger partial charge on any atom is -0.493 e. The Morgan fingerprint density at radius 3 is 2.33 bits per heavy atom. The second-order valence-corrected chi connectivity index (χ2v) is 4.65. The summed E-state index contributed by atoms with van der Waals surface area (Å²) in [5.74, 6) is -1.52. The Balaban J connectivity index is 3.50. The second-order valence-electron chi connectivity index (χ2n) is 3.34. The van der Waals surface area contributed by atoms with E-state index in [1.807, 2.05) is 0 Å². The minimum absolute atomic E-state index is 0.0486. The summed E-state index contributed by atoms with van der Waals surface area (Å²) < 4.78 is 44.6. The van der Waals surface area contributed by atoms with Gasteiger partial charge in [0.05, 0.1) is 20.6 Å². The van der Waals surface area contributed by atoms with Crippen molar-refractivity contribution in [3.8, 4) is 11.5 Å². The topological polar surface area (TPSA) is 89.9 Å². The normalized spacial score (nSPS) is 11.1. The molecule has 18 heavy (non-hydrogen) atoms. The number of hydrogen-bond acceptors (Lipinski definition) is 5. The molecule has 0 aromatic heterocycles. The van der Waals surface area contributed by atoms with Crippen LogP contribution in [-0.4, -0.2) is 33.7 Å². The third-order valence-electron chi connectivity index (χ3n) is 2.12. The number of rotatable bonds is 5. The Labute approximate surface area is 103 Å². The average molecular weight is 278 g/mol. The third kappa shape index (κ3) is 3.10. The smallest absolute Gasteiger partial charge is 0.335 e. The fraction of sp³-hybridized carbons (Fsp3) is 0.300. The molecule has 0 spiro atoms. The van der Waals surface area contributed by atoms with Crippen LogP contribution in [0.15, 0.2) is 17.0 Å². The highest BCUT2D eigenvalue weighted by molar-refractivity contribution is 7.86. The van der Waals surface area contributed by atoms with Crippen LogP contribution in [0.2, 0.25) is 0 Å². The number of carbonyl (C=O) groups is 1. The van der Waals surface area contributed by atoms with Crippen molar-refractivity contribution in [3.05, 3.63) is 17.7 Å². The Morgan fingerprint density at radius 2 is 1.94 bits per heavy atom. The molecular weight excluding hydrogens is 267 g/mol. The van der Waals surface area contributed by atoms with E-state index in [2.05, 4.69) is 0 Å². The molecule has 0 unspecified atom stereocenters. The Hall–Kier alpha value is -1.83. The van der Waals surface area contributed by atoms with Crippen molar-refractivity contribution in [2.45, 2.75) is 11.3 Å². The predicted octanol–water partition coefficient (Wildman–Crippen LogP) is 0.989. The van der Waals surface area contributed by atoms with Gasteiger partial charge in [0, 0.05) is 0 Å². The monoisotopic (exact) mass is 278 g/mol. The molecule has 0 aliphatic heterocycles. The van der Waals surface area contributed by atoms with Crippen LogP contribution in [0, 0.1) is 0 Å². The number of aliphatic carboxylic acids is 1. The molecule has 1 rings (SSSR count). The first-order valence-corrected chi connectivity index (χ1v) is 6.09. The van der Waals surface area contributed by atoms with Gasteiger partial charge in [-0.05, 0) is 17.7 Å². The molecule has 0 saturated heterocycles. The summed E-state index contributed by atoms with van der Waals surface area (Å²) in [6.45, 7) is 0. The van der Waals surface area contributed by atoms with Crippen molar-refractivity contribution in [2.75, 3.05) is 14.2 Å². The third-order valence-corrected chi connectivity index (χ3v) is 2.95. The van der Waals surface area contributed by atoms with Crippen LogP contribution in [0.1, 0.15) is 5.56 Å². The van der Waals surface area contributed by atoms with Crippen LogP contribution in [-0.2, 0) is 21.4 Å². The zero-order chi connectivity index (χ0) is 13.9. The first-order valence-electron chi connectivity index (χ1n) is 4.71. The van der Waals surface area contributed by atoms with Gasteiger partial charge in [0.1, 0.15) is 4.90 Å². The first-order chi connectivity index (χ1) is 8.29. The quantitative estimate of drug-likeness (QED) is 0.808. The lowest BCUT2D eigenvalue weighted by atomic mass is 10.1. The summed E-state index contributed by atoms with van der Waals surface area (Å²) >= 11 is 0. The van der Waals surface area contributed by atoms with E-state index in [1.54, 1.807) is 0 Å². The maximum Gasteiger partial charge on any atom is 0.335 e. The molecule has 1 aromatic rings. The predicted molar refractivity (Wildman–Crippen MR) is 59.2 cm³/mol. The van der Waals surface area contributed by atoms with Crippen LogP contribution in [0.4, 0.5) is 3.89 Å². The van der Waals surface area contributed by atoms with Crippen molar-refractivity contribution >= 4 is 16.2 Å². The van der Waals surface area contributed by atoms with Crippen molar-refractivity contribution < 1.29 is 31.7 Å². The van der Waals surface area contributed by atoms with Crippen LogP contribution in [0.5, 0.6) is 11.5 Å². The van der Waals surface area contributed by atoms with Gasteiger partial charge < -0.3 is 14.6 Å². The van der Waals surface area contributed by atoms with E-state index in [1.165, 1.54) is 13.2 Å². The van der Waals surface area contributed by atoms with E-state index in [9.17, 15) is 17.1 Å². The first kappa shape index (κ1) is 14.2. The van der Waals surface area contributed by atoms with Gasteiger partial charge in [0.25, 0.3) is 0 Å². The standard InChI is InChI=1S/C10H11FO6S/c1-16-7-3-6(5-9(12)13)4-8(10(7)17-2)18(11,14)15/h3-4H,5H2,1-2H3,(H,12,13). The molecule has 0 radical (unpaired) electrons. The van der Waals surface area contributed by atoms with Crippen molar-refractivity contribution in [1.82, 2.24) is 0 Å². The van der Waals surface area contributed by atoms with E-state index in [0.29, 0.717) is 0 Å². The van der Waals surface area contributed by atoms with Gasteiger partial charge in [-0.15, -0.1) is 3.89 Å². The SMILES string of the molecule is COc1cc(CC(=O)O)cc(S(=O)(=O)F)c1OC. The maximum absolute atomic E-state index is 13.1. The molecule has 0 heterocycles. The summed E-state index contributed by atoms with van der Waals surface area (Å²) in [4.78, 5) is 9.82. The molecule has 0 aliphatic rings. The molecular formula is C10H11FO6S. The number of methoxy groups -OCH3 is 2. The number of carboxylic acids is 1. The van der Waals surface area contributed by atoms with Gasteiger partial charge in [-0.3, -0.25) is 4.79 Å². The van der Waals surface area contributed by atoms with E-state index < -0.39 is 27.5 Å². The lowest BCUT2D eigenvalue weighted by Gasteiger charge is -2.12. The van der Waals surface area contributed by atoms with Gasteiger partial charge in [-0.1, -0.05) is 0 Å². The molecule has 8 heteroatoms. The molecule has 0 amide bonds. The minimum atomic E-state index is -5.03. The van der Waals surface area contributed by atoms with Crippen molar-refractivity contribution in [3.63, 3.8) is 0 Å². The molecule has 6 nitrogen and oxygen atoms in total. The fourth-order valence-electron chi connectivity index (χ4n) is 1.44. The highest BCUT2D eigenvalue weighted by atomic mass is 32.3. The Morgan fingerprint density at radius 1 is 1.33 bits per heavy atom. The van der Waals surface area contributed by atoms with Gasteiger partial charge in [-0.25, -0.2) is 0 Å². The van der Waals surface area contributed by atoms with Crippen molar-refractivity contribution in [1.29, 1.82) is 0 Å². The number of benzene rings is 1. The van der Waals surface area contributed by atoms with E-state index in [0.717, 1.165) is 13.2 Å². The molecule has 0 fully saturated rings. The highest BCUT2D eigenvalue weighted by Gasteiger charge is 2.23. The fourth-order valence-corrected chi connectivity index (χ4v) is 2.14. The number of ether oxygens (including phenoxy) is 2. The summed E-state index contributed by atoms with van der Waals surface area (Å²) in [5.41, 5.74) is 0.0939. The largest absolute Gasteiger partial charge is 0.493 e. The maximum atomic E-state index is 13.1. The van der Waals surface area contributed by atoms with Crippen LogP contribution in [0.25, 0.3) is 0 Å². The van der Waals surface area contributed by atoms with Crippen molar-refractivity contribution in [2.24, 2.45) is 0 Å². The second kappa shape index (κ2) is 5.21. The van der Waals surface area contributed by atoms with Crippen LogP contribution in [0.3, 0.4) is 0 Å². The number of carboxylic acid groups (broad SMARTS) is 1. The zero-order valence-corrected chi connectivity index (χ0v) is 10.5. The molecule has 0 aliphatic carbocycles.